The number of hydrogen-bond acceptors (Lipinski definition) is 7. The van der Waals surface area contributed by atoms with Crippen LogP contribution in [-0.2, 0) is 4.79 Å². The quantitative estimate of drug-likeness (QED) is 0.357. The molecule has 3 rings (SSSR count). The summed E-state index contributed by atoms with van der Waals surface area (Å²) in [5, 5.41) is 28.1. The van der Waals surface area contributed by atoms with E-state index in [1.807, 2.05) is 18.0 Å². The third kappa shape index (κ3) is 4.17. The average molecular weight is 413 g/mol. The van der Waals surface area contributed by atoms with Crippen molar-refractivity contribution in [2.24, 2.45) is 11.7 Å². The van der Waals surface area contributed by atoms with E-state index in [2.05, 4.69) is 0 Å². The minimum Gasteiger partial charge on any atom is -0.480 e. The first-order valence-corrected chi connectivity index (χ1v) is 9.80. The van der Waals surface area contributed by atoms with Gasteiger partial charge < -0.3 is 35.3 Å². The van der Waals surface area contributed by atoms with Gasteiger partial charge >= 0.3 is 13.1 Å². The van der Waals surface area contributed by atoms with Gasteiger partial charge in [0.15, 0.2) is 11.5 Å². The van der Waals surface area contributed by atoms with Crippen molar-refractivity contribution < 1.29 is 29.4 Å². The summed E-state index contributed by atoms with van der Waals surface area (Å²) in [7, 11) is 0.552. The van der Waals surface area contributed by atoms with E-state index in [0.29, 0.717) is 48.6 Å². The van der Waals surface area contributed by atoms with Crippen LogP contribution >= 0.6 is 11.6 Å². The molecule has 8 nitrogen and oxygen atoms in total. The molecule has 28 heavy (non-hydrogen) atoms. The third-order valence-corrected chi connectivity index (χ3v) is 6.22. The molecule has 1 aliphatic heterocycles. The SMILES string of the molecule is CN(c1cc2c(cc1Cl)OCO2)[C@H]1C[C@@H](C(N)(CCCCB(O)O)C(=O)O)C1. The second-order valence-corrected chi connectivity index (χ2v) is 8.07. The van der Waals surface area contributed by atoms with E-state index in [-0.39, 0.29) is 25.1 Å². The van der Waals surface area contributed by atoms with Crippen molar-refractivity contribution in [2.75, 3.05) is 18.7 Å². The molecule has 1 saturated carbocycles. The zero-order valence-electron chi connectivity index (χ0n) is 15.8. The van der Waals surface area contributed by atoms with Crippen LogP contribution in [0.4, 0.5) is 5.69 Å². The Morgan fingerprint density at radius 3 is 2.57 bits per heavy atom. The van der Waals surface area contributed by atoms with Gasteiger partial charge in [0, 0.05) is 25.2 Å². The Labute approximate surface area is 169 Å². The molecule has 0 spiro atoms. The van der Waals surface area contributed by atoms with Crippen LogP contribution in [0.3, 0.4) is 0 Å². The number of carboxylic acids is 1. The Morgan fingerprint density at radius 2 is 1.96 bits per heavy atom. The normalized spacial score (nSPS) is 22.3. The topological polar surface area (TPSA) is 125 Å². The summed E-state index contributed by atoms with van der Waals surface area (Å²) >= 11 is 6.38. The van der Waals surface area contributed by atoms with Crippen molar-refractivity contribution in [3.8, 4) is 11.5 Å². The number of hydrogen-bond donors (Lipinski definition) is 4. The van der Waals surface area contributed by atoms with E-state index < -0.39 is 18.6 Å². The fourth-order valence-electron chi connectivity index (χ4n) is 3.93. The van der Waals surface area contributed by atoms with E-state index in [4.69, 9.17) is 36.9 Å². The lowest BCUT2D eigenvalue weighted by Crippen LogP contribution is -2.61. The van der Waals surface area contributed by atoms with Gasteiger partial charge in [0.1, 0.15) is 5.54 Å². The lowest BCUT2D eigenvalue weighted by molar-refractivity contribution is -0.147. The third-order valence-electron chi connectivity index (χ3n) is 5.91. The largest absolute Gasteiger partial charge is 0.480 e. The fourth-order valence-corrected chi connectivity index (χ4v) is 4.22. The van der Waals surface area contributed by atoms with Crippen LogP contribution in [0.5, 0.6) is 11.5 Å². The Bertz CT molecular complexity index is 730. The minimum atomic E-state index is -1.37. The van der Waals surface area contributed by atoms with Crippen molar-refractivity contribution in [1.82, 2.24) is 0 Å². The summed E-state index contributed by atoms with van der Waals surface area (Å²) in [6, 6.07) is 3.70. The molecular formula is C18H26BClN2O6. The van der Waals surface area contributed by atoms with E-state index in [9.17, 15) is 9.90 Å². The second kappa shape index (κ2) is 8.36. The average Bonchev–Trinajstić information content (AvgIpc) is 3.03. The molecule has 1 heterocycles. The number of carboxylic acid groups (broad SMARTS) is 1. The molecule has 154 valence electrons. The molecule has 5 N–H and O–H groups in total. The van der Waals surface area contributed by atoms with Crippen molar-refractivity contribution in [2.45, 2.75) is 50.0 Å². The number of aliphatic carboxylic acids is 1. The number of benzene rings is 1. The predicted molar refractivity (Wildman–Crippen MR) is 106 cm³/mol. The molecule has 1 fully saturated rings. The summed E-state index contributed by atoms with van der Waals surface area (Å²) in [6.45, 7) is 0.173. The van der Waals surface area contributed by atoms with Crippen molar-refractivity contribution in [3.63, 3.8) is 0 Å². The van der Waals surface area contributed by atoms with E-state index in [0.717, 1.165) is 5.69 Å². The van der Waals surface area contributed by atoms with Gasteiger partial charge in [-0.1, -0.05) is 24.4 Å². The maximum atomic E-state index is 11.8. The van der Waals surface area contributed by atoms with Gasteiger partial charge in [-0.3, -0.25) is 4.79 Å². The van der Waals surface area contributed by atoms with Crippen molar-refractivity contribution in [3.05, 3.63) is 17.2 Å². The smallest absolute Gasteiger partial charge is 0.451 e. The summed E-state index contributed by atoms with van der Waals surface area (Å²) in [5.74, 6) is 0.105. The Balaban J connectivity index is 1.60. The molecule has 0 saturated heterocycles. The Hall–Kier alpha value is -1.68. The number of unbranched alkanes of at least 4 members (excludes halogenated alkanes) is 1. The van der Waals surface area contributed by atoms with Crippen LogP contribution in [0.2, 0.25) is 11.3 Å². The summed E-state index contributed by atoms with van der Waals surface area (Å²) in [4.78, 5) is 13.9. The van der Waals surface area contributed by atoms with Gasteiger partial charge in [0.05, 0.1) is 10.7 Å². The first kappa shape index (κ1) is 21.0. The highest BCUT2D eigenvalue weighted by molar-refractivity contribution is 6.40. The highest BCUT2D eigenvalue weighted by Gasteiger charge is 2.49. The molecule has 1 atom stereocenters. The van der Waals surface area contributed by atoms with E-state index in [1.54, 1.807) is 6.07 Å². The zero-order chi connectivity index (χ0) is 20.5. The first-order chi connectivity index (χ1) is 13.2. The number of halogens is 1. The number of rotatable bonds is 9. The monoisotopic (exact) mass is 412 g/mol. The highest BCUT2D eigenvalue weighted by Crippen LogP contribution is 2.45. The van der Waals surface area contributed by atoms with Crippen LogP contribution in [0.15, 0.2) is 12.1 Å². The highest BCUT2D eigenvalue weighted by atomic mass is 35.5. The first-order valence-electron chi connectivity index (χ1n) is 9.42. The van der Waals surface area contributed by atoms with Gasteiger partial charge in [-0.05, 0) is 31.5 Å². The lowest BCUT2D eigenvalue weighted by atomic mass is 9.65. The van der Waals surface area contributed by atoms with Crippen LogP contribution in [0.25, 0.3) is 0 Å². The van der Waals surface area contributed by atoms with Crippen LogP contribution in [0, 0.1) is 5.92 Å². The fraction of sp³-hybridized carbons (Fsp3) is 0.611. The van der Waals surface area contributed by atoms with Gasteiger partial charge in [0.2, 0.25) is 6.79 Å². The van der Waals surface area contributed by atoms with Gasteiger partial charge in [-0.25, -0.2) is 0 Å². The molecule has 0 bridgehead atoms. The Morgan fingerprint density at radius 1 is 1.32 bits per heavy atom. The molecule has 1 aliphatic carbocycles. The van der Waals surface area contributed by atoms with Crippen LogP contribution in [0.1, 0.15) is 32.1 Å². The number of anilines is 1. The van der Waals surface area contributed by atoms with Gasteiger partial charge in [0.25, 0.3) is 0 Å². The molecule has 2 aliphatic rings. The molecule has 10 heteroatoms. The van der Waals surface area contributed by atoms with Gasteiger partial charge in [-0.2, -0.15) is 0 Å². The number of fused-ring (bicyclic) bond motifs is 1. The molecular weight excluding hydrogens is 386 g/mol. The Kier molecular flexibility index (Phi) is 6.29. The zero-order valence-corrected chi connectivity index (χ0v) is 16.6. The number of ether oxygens (including phenoxy) is 2. The summed E-state index contributed by atoms with van der Waals surface area (Å²) in [5.41, 5.74) is 5.76. The molecule has 1 aromatic carbocycles. The molecule has 1 unspecified atom stereocenters. The number of nitrogens with two attached hydrogens (primary N) is 1. The second-order valence-electron chi connectivity index (χ2n) is 7.66. The lowest BCUT2D eigenvalue weighted by Gasteiger charge is -2.48. The summed E-state index contributed by atoms with van der Waals surface area (Å²) < 4.78 is 10.7. The van der Waals surface area contributed by atoms with Crippen LogP contribution < -0.4 is 20.1 Å². The number of nitrogens with zero attached hydrogens (tertiary/aromatic N) is 1. The maximum Gasteiger partial charge on any atom is 0.451 e. The summed E-state index contributed by atoms with van der Waals surface area (Å²) in [6.07, 6.45) is 2.87. The van der Waals surface area contributed by atoms with Crippen molar-refractivity contribution >= 4 is 30.4 Å². The molecule has 0 radical (unpaired) electrons. The van der Waals surface area contributed by atoms with E-state index in [1.165, 1.54) is 0 Å². The van der Waals surface area contributed by atoms with E-state index >= 15 is 0 Å². The predicted octanol–water partition coefficient (Wildman–Crippen LogP) is 1.71. The molecule has 0 aromatic heterocycles. The standard InChI is InChI=1S/C18H26BClN2O6/c1-22(14-9-16-15(8-13(14)20)27-10-28-16)12-6-11(7-12)18(21,17(23)24)4-2-3-5-19(25)26/h8-9,11-12,25-26H,2-7,10,21H2,1H3,(H,23,24)/t11-,12+,18?. The van der Waals surface area contributed by atoms with Crippen LogP contribution in [-0.4, -0.2) is 53.7 Å². The minimum absolute atomic E-state index is 0.129. The molecule has 0 amide bonds. The van der Waals surface area contributed by atoms with Crippen molar-refractivity contribution in [1.29, 1.82) is 0 Å². The molecule has 1 aromatic rings. The maximum absolute atomic E-state index is 11.8. The number of carbonyl (C=O) groups is 1. The van der Waals surface area contributed by atoms with Gasteiger partial charge in [-0.15, -0.1) is 0 Å².